The second-order valence-corrected chi connectivity index (χ2v) is 6.57. The van der Waals surface area contributed by atoms with Crippen LogP contribution in [-0.4, -0.2) is 21.0 Å². The van der Waals surface area contributed by atoms with Crippen LogP contribution in [0.5, 0.6) is 0 Å². The molecule has 0 aliphatic carbocycles. The van der Waals surface area contributed by atoms with Gasteiger partial charge in [0.25, 0.3) is 0 Å². The lowest BCUT2D eigenvalue weighted by molar-refractivity contribution is 0.139. The quantitative estimate of drug-likeness (QED) is 0.251. The molecular formula is C9H10ClO5PS2. The molecule has 9 heteroatoms. The average Bonchev–Trinajstić information content (AvgIpc) is 2.29. The minimum absolute atomic E-state index is 0.0770. The molecule has 0 heterocycles. The van der Waals surface area contributed by atoms with Crippen molar-refractivity contribution in [2.24, 2.45) is 0 Å². The summed E-state index contributed by atoms with van der Waals surface area (Å²) < 4.78 is 42.7. The van der Waals surface area contributed by atoms with Gasteiger partial charge in [-0.05, 0) is 17.9 Å². The lowest BCUT2D eigenvalue weighted by atomic mass is 10.4. The third-order valence-corrected chi connectivity index (χ3v) is 4.84. The molecule has 0 unspecified atom stereocenters. The highest BCUT2D eigenvalue weighted by Gasteiger charge is 2.23. The number of hydrogen-bond donors (Lipinski definition) is 0. The summed E-state index contributed by atoms with van der Waals surface area (Å²) in [5.74, 6) is 0.693. The Labute approximate surface area is 116 Å². The number of rotatable bonds is 7. The van der Waals surface area contributed by atoms with E-state index in [1.54, 1.807) is 12.1 Å². The molecule has 0 amide bonds. The molecule has 5 nitrogen and oxygen atoms in total. The fourth-order valence-electron chi connectivity index (χ4n) is 1.17. The van der Waals surface area contributed by atoms with Gasteiger partial charge >= 0.3 is 18.8 Å². The van der Waals surface area contributed by atoms with Crippen molar-refractivity contribution in [3.8, 4) is 0 Å². The predicted molar refractivity (Wildman–Crippen MR) is 69.7 cm³/mol. The summed E-state index contributed by atoms with van der Waals surface area (Å²) in [6, 6.07) is 4.76. The Morgan fingerprint density at radius 2 is 2.17 bits per heavy atom. The Kier molecular flexibility index (Phi) is 6.55. The van der Waals surface area contributed by atoms with E-state index in [9.17, 15) is 13.0 Å². The highest BCUT2D eigenvalue weighted by Crippen LogP contribution is 2.33. The molecule has 1 aromatic rings. The van der Waals surface area contributed by atoms with E-state index in [-0.39, 0.29) is 9.92 Å². The molecule has 0 saturated heterocycles. The summed E-state index contributed by atoms with van der Waals surface area (Å²) in [7, 11) is -4.69. The third-order valence-electron chi connectivity index (χ3n) is 1.79. The van der Waals surface area contributed by atoms with E-state index < -0.39 is 25.6 Å². The van der Waals surface area contributed by atoms with Crippen molar-refractivity contribution in [3.05, 3.63) is 23.2 Å². The molecule has 0 fully saturated rings. The summed E-state index contributed by atoms with van der Waals surface area (Å²) in [5.41, 5.74) is 0. The Morgan fingerprint density at radius 1 is 1.44 bits per heavy atom. The lowest BCUT2D eigenvalue weighted by Crippen LogP contribution is -2.09. The van der Waals surface area contributed by atoms with Crippen LogP contribution in [0.25, 0.3) is 0 Å². The van der Waals surface area contributed by atoms with Crippen LogP contribution >= 0.6 is 32.0 Å². The Morgan fingerprint density at radius 3 is 2.78 bits per heavy atom. The molecule has 0 radical (unpaired) electrons. The van der Waals surface area contributed by atoms with E-state index >= 15 is 0 Å². The maximum absolute atomic E-state index is 11.9. The van der Waals surface area contributed by atoms with E-state index in [4.69, 9.17) is 11.6 Å². The first-order valence-corrected chi connectivity index (χ1v) is 8.28. The molecule has 1 aromatic carbocycles. The summed E-state index contributed by atoms with van der Waals surface area (Å²) in [5, 5.41) is 0.0770. The van der Waals surface area contributed by atoms with Crippen molar-refractivity contribution < 1.29 is 21.7 Å². The van der Waals surface area contributed by atoms with Gasteiger partial charge in [-0.1, -0.05) is 24.6 Å². The van der Waals surface area contributed by atoms with Gasteiger partial charge in [-0.3, -0.25) is 4.52 Å². The molecule has 0 atom stereocenters. The van der Waals surface area contributed by atoms with Crippen LogP contribution in [0.15, 0.2) is 28.0 Å². The fraction of sp³-hybridized carbons (Fsp3) is 0.333. The van der Waals surface area contributed by atoms with Gasteiger partial charge in [-0.15, -0.1) is 11.8 Å². The molecule has 0 aliphatic rings. The fourth-order valence-corrected chi connectivity index (χ4v) is 3.97. The summed E-state index contributed by atoms with van der Waals surface area (Å²) in [4.78, 5) is 0.411. The van der Waals surface area contributed by atoms with Crippen LogP contribution in [0.1, 0.15) is 6.92 Å². The van der Waals surface area contributed by atoms with Crippen molar-refractivity contribution in [2.75, 3.05) is 12.5 Å². The SMILES string of the molecule is CCSc1cccc(Cl)c1S(=O)(=O)OCOP=O. The molecule has 1 rings (SSSR count). The molecule has 18 heavy (non-hydrogen) atoms. The minimum Gasteiger partial charge on any atom is -0.265 e. The number of benzene rings is 1. The zero-order chi connectivity index (χ0) is 13.6. The van der Waals surface area contributed by atoms with Gasteiger partial charge < -0.3 is 0 Å². The molecule has 0 N–H and O–H groups in total. The number of halogens is 1. The van der Waals surface area contributed by atoms with Crippen molar-refractivity contribution in [2.45, 2.75) is 16.7 Å². The Bertz CT molecular complexity index is 520. The average molecular weight is 329 g/mol. The van der Waals surface area contributed by atoms with Crippen LogP contribution < -0.4 is 0 Å². The Hall–Kier alpha value is -0.170. The van der Waals surface area contributed by atoms with Crippen LogP contribution in [-0.2, 0) is 23.4 Å². The van der Waals surface area contributed by atoms with Crippen LogP contribution in [0, 0.1) is 0 Å². The lowest BCUT2D eigenvalue weighted by Gasteiger charge is -2.10. The first-order chi connectivity index (χ1) is 8.53. The van der Waals surface area contributed by atoms with E-state index in [1.807, 2.05) is 6.92 Å². The zero-order valence-corrected chi connectivity index (χ0v) is 12.6. The topological polar surface area (TPSA) is 69.7 Å². The standard InChI is InChI=1S/C9H10ClO5PS2/c1-2-17-8-5-3-4-7(10)9(8)18(12,13)15-6-14-16-11/h3-5H,2,6H2,1H3. The molecular weight excluding hydrogens is 319 g/mol. The van der Waals surface area contributed by atoms with Gasteiger partial charge in [0.1, 0.15) is 4.90 Å². The van der Waals surface area contributed by atoms with Gasteiger partial charge in [0.15, 0.2) is 6.79 Å². The first kappa shape index (κ1) is 15.9. The van der Waals surface area contributed by atoms with Crippen LogP contribution in [0.4, 0.5) is 0 Å². The summed E-state index contributed by atoms with van der Waals surface area (Å²) >= 11 is 7.22. The Balaban J connectivity index is 3.09. The second-order valence-electron chi connectivity index (χ2n) is 2.89. The van der Waals surface area contributed by atoms with Gasteiger partial charge in [-0.2, -0.15) is 8.42 Å². The molecule has 0 bridgehead atoms. The van der Waals surface area contributed by atoms with Gasteiger partial charge in [0, 0.05) is 4.90 Å². The van der Waals surface area contributed by atoms with E-state index in [2.05, 4.69) is 8.71 Å². The molecule has 100 valence electrons. The van der Waals surface area contributed by atoms with Gasteiger partial charge in [0.2, 0.25) is 0 Å². The van der Waals surface area contributed by atoms with Gasteiger partial charge in [0.05, 0.1) is 5.02 Å². The van der Waals surface area contributed by atoms with Crippen molar-refractivity contribution in [3.63, 3.8) is 0 Å². The third kappa shape index (κ3) is 4.19. The maximum Gasteiger partial charge on any atom is 0.329 e. The van der Waals surface area contributed by atoms with E-state index in [0.717, 1.165) is 0 Å². The molecule has 0 aromatic heterocycles. The highest BCUT2D eigenvalue weighted by molar-refractivity contribution is 8.00. The smallest absolute Gasteiger partial charge is 0.265 e. The minimum atomic E-state index is -4.04. The highest BCUT2D eigenvalue weighted by atomic mass is 35.5. The molecule has 0 spiro atoms. The van der Waals surface area contributed by atoms with E-state index in [1.165, 1.54) is 17.8 Å². The number of thioether (sulfide) groups is 1. The monoisotopic (exact) mass is 328 g/mol. The van der Waals surface area contributed by atoms with Crippen LogP contribution in [0.3, 0.4) is 0 Å². The van der Waals surface area contributed by atoms with Crippen molar-refractivity contribution >= 4 is 42.2 Å². The summed E-state index contributed by atoms with van der Waals surface area (Å²) in [6.45, 7) is 1.26. The van der Waals surface area contributed by atoms with Crippen LogP contribution in [0.2, 0.25) is 5.02 Å². The maximum atomic E-state index is 11.9. The normalized spacial score (nSPS) is 11.9. The number of hydrogen-bond acceptors (Lipinski definition) is 6. The molecule has 0 aliphatic heterocycles. The van der Waals surface area contributed by atoms with Crippen molar-refractivity contribution in [1.82, 2.24) is 0 Å². The predicted octanol–water partition coefficient (Wildman–Crippen LogP) is 3.34. The van der Waals surface area contributed by atoms with Crippen molar-refractivity contribution in [1.29, 1.82) is 0 Å². The summed E-state index contributed by atoms with van der Waals surface area (Å²) in [6.07, 6.45) is 0. The largest absolute Gasteiger partial charge is 0.329 e. The van der Waals surface area contributed by atoms with E-state index in [0.29, 0.717) is 10.6 Å². The first-order valence-electron chi connectivity index (χ1n) is 4.78. The second kappa shape index (κ2) is 7.43. The zero-order valence-electron chi connectivity index (χ0n) is 9.33. The van der Waals surface area contributed by atoms with Gasteiger partial charge in [-0.25, -0.2) is 8.75 Å². The molecule has 0 saturated carbocycles.